The Morgan fingerprint density at radius 3 is 3.00 bits per heavy atom. The highest BCUT2D eigenvalue weighted by molar-refractivity contribution is 5.33. The van der Waals surface area contributed by atoms with E-state index in [1.54, 1.807) is 11.1 Å². The summed E-state index contributed by atoms with van der Waals surface area (Å²) in [6.45, 7) is 5.83. The van der Waals surface area contributed by atoms with Gasteiger partial charge in [-0.1, -0.05) is 31.1 Å². The Bertz CT molecular complexity index is 404. The highest BCUT2D eigenvalue weighted by Gasteiger charge is 2.49. The first-order chi connectivity index (χ1) is 9.15. The number of allylic oxidation sites excluding steroid dienone is 4. The van der Waals surface area contributed by atoms with Crippen LogP contribution in [0, 0.1) is 23.2 Å². The van der Waals surface area contributed by atoms with E-state index in [0.29, 0.717) is 5.41 Å². The maximum Gasteiger partial charge on any atom is 0.0493 e. The fourth-order valence-corrected chi connectivity index (χ4v) is 5.15. The van der Waals surface area contributed by atoms with Crippen molar-refractivity contribution in [2.24, 2.45) is 23.2 Å². The SMILES string of the molecule is COC[C@H]1CCC[C@]2(C)C3CCC(C)=CC3=CCC12. The number of rotatable bonds is 2. The minimum absolute atomic E-state index is 0.530. The predicted molar refractivity (Wildman–Crippen MR) is 80.0 cm³/mol. The minimum Gasteiger partial charge on any atom is -0.384 e. The molecule has 0 aromatic carbocycles. The van der Waals surface area contributed by atoms with Crippen molar-refractivity contribution in [3.63, 3.8) is 0 Å². The van der Waals surface area contributed by atoms with E-state index >= 15 is 0 Å². The molecule has 3 aliphatic carbocycles. The van der Waals surface area contributed by atoms with Gasteiger partial charge in [-0.05, 0) is 67.8 Å². The first-order valence-corrected chi connectivity index (χ1v) is 8.01. The molecule has 0 aliphatic heterocycles. The average molecular weight is 260 g/mol. The Kier molecular flexibility index (Phi) is 3.59. The smallest absolute Gasteiger partial charge is 0.0493 e. The maximum atomic E-state index is 5.50. The van der Waals surface area contributed by atoms with Gasteiger partial charge in [0, 0.05) is 13.7 Å². The molecule has 0 aromatic rings. The third kappa shape index (κ3) is 2.20. The molecule has 0 bridgehead atoms. The van der Waals surface area contributed by atoms with Crippen molar-refractivity contribution >= 4 is 0 Å². The second-order valence-electron chi connectivity index (χ2n) is 7.24. The van der Waals surface area contributed by atoms with Gasteiger partial charge in [0.05, 0.1) is 0 Å². The Labute approximate surface area is 118 Å². The van der Waals surface area contributed by atoms with Gasteiger partial charge in [-0.15, -0.1) is 0 Å². The van der Waals surface area contributed by atoms with E-state index in [-0.39, 0.29) is 0 Å². The lowest BCUT2D eigenvalue weighted by atomic mass is 9.51. The lowest BCUT2D eigenvalue weighted by Gasteiger charge is -2.54. The summed E-state index contributed by atoms with van der Waals surface area (Å²) in [6, 6.07) is 0. The average Bonchev–Trinajstić information content (AvgIpc) is 2.38. The van der Waals surface area contributed by atoms with Gasteiger partial charge in [0.15, 0.2) is 0 Å². The van der Waals surface area contributed by atoms with Crippen molar-refractivity contribution in [3.8, 4) is 0 Å². The number of fused-ring (bicyclic) bond motifs is 3. The molecule has 1 fully saturated rings. The number of methoxy groups -OCH3 is 1. The molecule has 1 heteroatoms. The largest absolute Gasteiger partial charge is 0.384 e. The first kappa shape index (κ1) is 13.4. The van der Waals surface area contributed by atoms with Crippen molar-refractivity contribution in [3.05, 3.63) is 23.3 Å². The van der Waals surface area contributed by atoms with E-state index < -0.39 is 0 Å². The van der Waals surface area contributed by atoms with Gasteiger partial charge in [0.2, 0.25) is 0 Å². The van der Waals surface area contributed by atoms with Gasteiger partial charge in [0.1, 0.15) is 0 Å². The van der Waals surface area contributed by atoms with E-state index in [0.717, 1.165) is 24.4 Å². The zero-order valence-electron chi connectivity index (χ0n) is 12.7. The molecule has 0 N–H and O–H groups in total. The molecule has 1 nitrogen and oxygen atoms in total. The summed E-state index contributed by atoms with van der Waals surface area (Å²) in [5.74, 6) is 2.45. The molecule has 0 spiro atoms. The molecule has 0 amide bonds. The van der Waals surface area contributed by atoms with Gasteiger partial charge >= 0.3 is 0 Å². The standard InChI is InChI=1S/C18H28O/c1-13-6-8-16-14(11-13)7-9-17-15(12-19-3)5-4-10-18(16,17)2/h7,11,15-17H,4-6,8-10,12H2,1-3H3/t15-,16?,17?,18-/m1/s1. The highest BCUT2D eigenvalue weighted by Crippen LogP contribution is 2.58. The van der Waals surface area contributed by atoms with Gasteiger partial charge in [-0.2, -0.15) is 0 Å². The summed E-state index contributed by atoms with van der Waals surface area (Å²) < 4.78 is 5.50. The summed E-state index contributed by atoms with van der Waals surface area (Å²) in [5, 5.41) is 0. The van der Waals surface area contributed by atoms with Crippen LogP contribution in [0.4, 0.5) is 0 Å². The Hall–Kier alpha value is -0.560. The predicted octanol–water partition coefficient (Wildman–Crippen LogP) is 4.74. The van der Waals surface area contributed by atoms with Crippen molar-refractivity contribution < 1.29 is 4.74 Å². The van der Waals surface area contributed by atoms with Crippen LogP contribution in [0.2, 0.25) is 0 Å². The Morgan fingerprint density at radius 1 is 1.37 bits per heavy atom. The van der Waals surface area contributed by atoms with Gasteiger partial charge in [0.25, 0.3) is 0 Å². The summed E-state index contributed by atoms with van der Waals surface area (Å²) in [5.41, 5.74) is 3.76. The Balaban J connectivity index is 1.91. The van der Waals surface area contributed by atoms with E-state index in [4.69, 9.17) is 4.74 Å². The van der Waals surface area contributed by atoms with Gasteiger partial charge in [-0.3, -0.25) is 0 Å². The molecule has 19 heavy (non-hydrogen) atoms. The molecule has 106 valence electrons. The molecule has 1 saturated carbocycles. The lowest BCUT2D eigenvalue weighted by molar-refractivity contribution is -0.0242. The molecule has 0 heterocycles. The maximum absolute atomic E-state index is 5.50. The topological polar surface area (TPSA) is 9.23 Å². The second kappa shape index (κ2) is 5.09. The van der Waals surface area contributed by atoms with Crippen molar-refractivity contribution in [1.82, 2.24) is 0 Å². The minimum atomic E-state index is 0.530. The molecule has 3 rings (SSSR count). The summed E-state index contributed by atoms with van der Waals surface area (Å²) in [4.78, 5) is 0. The van der Waals surface area contributed by atoms with Crippen LogP contribution in [-0.2, 0) is 4.74 Å². The quantitative estimate of drug-likeness (QED) is 0.696. The molecular weight excluding hydrogens is 232 g/mol. The van der Waals surface area contributed by atoms with Crippen molar-refractivity contribution in [2.45, 2.75) is 52.4 Å². The van der Waals surface area contributed by atoms with E-state index in [1.165, 1.54) is 38.5 Å². The fourth-order valence-electron chi connectivity index (χ4n) is 5.15. The first-order valence-electron chi connectivity index (χ1n) is 8.01. The summed E-state index contributed by atoms with van der Waals surface area (Å²) in [6.07, 6.45) is 13.2. The third-order valence-electron chi connectivity index (χ3n) is 6.13. The summed E-state index contributed by atoms with van der Waals surface area (Å²) >= 11 is 0. The lowest BCUT2D eigenvalue weighted by Crippen LogP contribution is -2.46. The fraction of sp³-hybridized carbons (Fsp3) is 0.778. The molecule has 0 radical (unpaired) electrons. The van der Waals surface area contributed by atoms with Crippen LogP contribution in [-0.4, -0.2) is 13.7 Å². The molecule has 4 atom stereocenters. The molecule has 3 aliphatic rings. The van der Waals surface area contributed by atoms with Crippen molar-refractivity contribution in [2.75, 3.05) is 13.7 Å². The molecule has 2 unspecified atom stereocenters. The van der Waals surface area contributed by atoms with Gasteiger partial charge < -0.3 is 4.74 Å². The third-order valence-corrected chi connectivity index (χ3v) is 6.13. The van der Waals surface area contributed by atoms with Crippen LogP contribution in [0.15, 0.2) is 23.3 Å². The normalized spacial score (nSPS) is 41.9. The highest BCUT2D eigenvalue weighted by atomic mass is 16.5. The van der Waals surface area contributed by atoms with E-state index in [1.807, 2.05) is 7.11 Å². The Morgan fingerprint density at radius 2 is 2.21 bits per heavy atom. The van der Waals surface area contributed by atoms with Gasteiger partial charge in [-0.25, -0.2) is 0 Å². The molecular formula is C18H28O. The van der Waals surface area contributed by atoms with Crippen molar-refractivity contribution in [1.29, 1.82) is 0 Å². The molecule has 0 saturated heterocycles. The zero-order chi connectivity index (χ0) is 13.5. The number of hydrogen-bond acceptors (Lipinski definition) is 1. The van der Waals surface area contributed by atoms with Crippen LogP contribution in [0.25, 0.3) is 0 Å². The van der Waals surface area contributed by atoms with Crippen LogP contribution in [0.3, 0.4) is 0 Å². The monoisotopic (exact) mass is 260 g/mol. The molecule has 0 aromatic heterocycles. The van der Waals surface area contributed by atoms with Crippen LogP contribution >= 0.6 is 0 Å². The number of ether oxygens (including phenoxy) is 1. The van der Waals surface area contributed by atoms with E-state index in [2.05, 4.69) is 26.0 Å². The second-order valence-corrected chi connectivity index (χ2v) is 7.24. The number of hydrogen-bond donors (Lipinski definition) is 0. The van der Waals surface area contributed by atoms with Crippen LogP contribution in [0.5, 0.6) is 0 Å². The summed E-state index contributed by atoms with van der Waals surface area (Å²) in [7, 11) is 1.86. The van der Waals surface area contributed by atoms with Crippen LogP contribution in [0.1, 0.15) is 52.4 Å². The zero-order valence-corrected chi connectivity index (χ0v) is 12.7. The van der Waals surface area contributed by atoms with E-state index in [9.17, 15) is 0 Å². The van der Waals surface area contributed by atoms with Crippen LogP contribution < -0.4 is 0 Å².